The number of aliphatic hydroxyl groups is 2. The Hall–Kier alpha value is -1.14. The maximum atomic E-state index is 10.1. The quantitative estimate of drug-likeness (QED) is 0.354. The van der Waals surface area contributed by atoms with E-state index in [-0.39, 0.29) is 5.25 Å². The maximum Gasteiger partial charge on any atom is 0.194 e. The van der Waals surface area contributed by atoms with E-state index in [0.717, 1.165) is 5.56 Å². The van der Waals surface area contributed by atoms with Gasteiger partial charge in [0.2, 0.25) is 0 Å². The summed E-state index contributed by atoms with van der Waals surface area (Å²) in [5, 5.41) is 23.8. The predicted molar refractivity (Wildman–Crippen MR) is 115 cm³/mol. The standard InChI is InChI=1S/C17H17ClIN5O2S/c18-10-3-1-2-9(4-10)5-20-15-13-16(23-17(19)22-15)24(8-21-13)6-12-14(26)11(25)7-27-12/h1-4,8,11-12,14,25-26H,5-7H2,(H,20,22,23)/t11-,12+,14-/m1/s1. The van der Waals surface area contributed by atoms with Crippen LogP contribution in [0.25, 0.3) is 11.2 Å². The second kappa shape index (κ2) is 8.08. The molecule has 1 aliphatic rings. The first kappa shape index (κ1) is 19.2. The second-order valence-corrected chi connectivity index (χ2v) is 9.00. The molecule has 3 heterocycles. The van der Waals surface area contributed by atoms with Crippen molar-refractivity contribution >= 4 is 62.9 Å². The number of hydrogen-bond acceptors (Lipinski definition) is 7. The summed E-state index contributed by atoms with van der Waals surface area (Å²) in [6.45, 7) is 1.10. The van der Waals surface area contributed by atoms with Gasteiger partial charge in [-0.3, -0.25) is 0 Å². The summed E-state index contributed by atoms with van der Waals surface area (Å²) in [6.07, 6.45) is 0.283. The molecule has 0 spiro atoms. The third-order valence-electron chi connectivity index (χ3n) is 4.42. The van der Waals surface area contributed by atoms with Crippen LogP contribution in [0, 0.1) is 3.83 Å². The Morgan fingerprint density at radius 1 is 1.33 bits per heavy atom. The molecule has 142 valence electrons. The molecule has 0 bridgehead atoms. The van der Waals surface area contributed by atoms with Gasteiger partial charge in [-0.15, -0.1) is 0 Å². The zero-order valence-electron chi connectivity index (χ0n) is 14.1. The van der Waals surface area contributed by atoms with E-state index in [9.17, 15) is 10.2 Å². The summed E-state index contributed by atoms with van der Waals surface area (Å²) in [7, 11) is 0. The molecule has 7 nitrogen and oxygen atoms in total. The van der Waals surface area contributed by atoms with Crippen molar-refractivity contribution in [3.8, 4) is 0 Å². The molecule has 0 unspecified atom stereocenters. The van der Waals surface area contributed by atoms with Crippen molar-refractivity contribution < 1.29 is 10.2 Å². The predicted octanol–water partition coefficient (Wildman–Crippen LogP) is 2.53. The van der Waals surface area contributed by atoms with Crippen molar-refractivity contribution in [3.05, 3.63) is 45.0 Å². The van der Waals surface area contributed by atoms with Gasteiger partial charge >= 0.3 is 0 Å². The number of benzene rings is 1. The minimum atomic E-state index is -0.742. The highest BCUT2D eigenvalue weighted by atomic mass is 127. The van der Waals surface area contributed by atoms with Crippen LogP contribution in [0.15, 0.2) is 30.6 Å². The van der Waals surface area contributed by atoms with Gasteiger partial charge in [0.25, 0.3) is 0 Å². The van der Waals surface area contributed by atoms with Crippen LogP contribution in [0.2, 0.25) is 5.02 Å². The Morgan fingerprint density at radius 3 is 2.93 bits per heavy atom. The molecule has 27 heavy (non-hydrogen) atoms. The summed E-state index contributed by atoms with van der Waals surface area (Å²) in [5.41, 5.74) is 2.43. The lowest BCUT2D eigenvalue weighted by Crippen LogP contribution is -2.31. The van der Waals surface area contributed by atoms with E-state index < -0.39 is 12.2 Å². The van der Waals surface area contributed by atoms with Gasteiger partial charge in [0.1, 0.15) is 0 Å². The van der Waals surface area contributed by atoms with E-state index in [2.05, 4.69) is 42.9 Å². The Morgan fingerprint density at radius 2 is 2.19 bits per heavy atom. The van der Waals surface area contributed by atoms with Crippen LogP contribution in [0.3, 0.4) is 0 Å². The maximum absolute atomic E-state index is 10.1. The van der Waals surface area contributed by atoms with Crippen molar-refractivity contribution in [3.63, 3.8) is 0 Å². The number of nitrogens with one attached hydrogen (secondary N) is 1. The fourth-order valence-corrected chi connectivity index (χ4v) is 5.00. The number of aromatic nitrogens is 4. The topological polar surface area (TPSA) is 96.1 Å². The lowest BCUT2D eigenvalue weighted by molar-refractivity contribution is 0.0396. The van der Waals surface area contributed by atoms with Crippen LogP contribution in [-0.4, -0.2) is 52.9 Å². The van der Waals surface area contributed by atoms with Gasteiger partial charge in [0.15, 0.2) is 20.8 Å². The smallest absolute Gasteiger partial charge is 0.194 e. The number of halogens is 2. The van der Waals surface area contributed by atoms with Crippen LogP contribution in [-0.2, 0) is 13.1 Å². The average molecular weight is 518 g/mol. The molecular weight excluding hydrogens is 501 g/mol. The molecule has 4 rings (SSSR count). The van der Waals surface area contributed by atoms with Gasteiger partial charge in [0, 0.05) is 46.5 Å². The number of imidazole rings is 1. The Balaban J connectivity index is 1.58. The van der Waals surface area contributed by atoms with Crippen molar-refractivity contribution in [2.75, 3.05) is 11.1 Å². The number of rotatable bonds is 5. The van der Waals surface area contributed by atoms with Crippen LogP contribution in [0.1, 0.15) is 5.56 Å². The van der Waals surface area contributed by atoms with Crippen molar-refractivity contribution in [1.29, 1.82) is 0 Å². The Kier molecular flexibility index (Phi) is 5.74. The van der Waals surface area contributed by atoms with Crippen LogP contribution < -0.4 is 5.32 Å². The van der Waals surface area contributed by atoms with E-state index in [4.69, 9.17) is 11.6 Å². The Labute approximate surface area is 178 Å². The molecule has 0 aliphatic carbocycles. The van der Waals surface area contributed by atoms with Crippen LogP contribution >= 0.6 is 46.0 Å². The largest absolute Gasteiger partial charge is 0.390 e. The lowest BCUT2D eigenvalue weighted by Gasteiger charge is -2.16. The van der Waals surface area contributed by atoms with Gasteiger partial charge in [-0.25, -0.2) is 15.0 Å². The fourth-order valence-electron chi connectivity index (χ4n) is 3.03. The zero-order valence-corrected chi connectivity index (χ0v) is 17.8. The highest BCUT2D eigenvalue weighted by molar-refractivity contribution is 14.1. The SMILES string of the molecule is O[C@@H]1[C@H](O)CS[C@H]1Cn1cnc2c(NCc3cccc(Cl)c3)nc(I)nc21. The molecule has 1 saturated heterocycles. The second-order valence-electron chi connectivity index (χ2n) is 6.32. The summed E-state index contributed by atoms with van der Waals surface area (Å²) >= 11 is 9.68. The molecule has 2 aromatic heterocycles. The van der Waals surface area contributed by atoms with E-state index >= 15 is 0 Å². The summed E-state index contributed by atoms with van der Waals surface area (Å²) in [4.78, 5) is 13.5. The van der Waals surface area contributed by atoms with Crippen molar-refractivity contribution in [1.82, 2.24) is 19.5 Å². The zero-order chi connectivity index (χ0) is 19.0. The molecule has 10 heteroatoms. The minimum Gasteiger partial charge on any atom is -0.390 e. The van der Waals surface area contributed by atoms with Gasteiger partial charge < -0.3 is 20.1 Å². The van der Waals surface area contributed by atoms with Crippen LogP contribution in [0.5, 0.6) is 0 Å². The van der Waals surface area contributed by atoms with Crippen LogP contribution in [0.4, 0.5) is 5.82 Å². The lowest BCUT2D eigenvalue weighted by atomic mass is 10.1. The average Bonchev–Trinajstić information content (AvgIpc) is 3.18. The highest BCUT2D eigenvalue weighted by Gasteiger charge is 2.34. The van der Waals surface area contributed by atoms with Gasteiger partial charge in [-0.1, -0.05) is 23.7 Å². The Bertz CT molecular complexity index is 972. The molecule has 3 atom stereocenters. The van der Waals surface area contributed by atoms with Crippen molar-refractivity contribution in [2.45, 2.75) is 30.5 Å². The number of anilines is 1. The molecule has 0 saturated carbocycles. The monoisotopic (exact) mass is 517 g/mol. The molecule has 0 radical (unpaired) electrons. The molecule has 0 amide bonds. The summed E-state index contributed by atoms with van der Waals surface area (Å²) in [6, 6.07) is 7.64. The molecule has 3 N–H and O–H groups in total. The van der Waals surface area contributed by atoms with Gasteiger partial charge in [-0.05, 0) is 17.7 Å². The summed E-state index contributed by atoms with van der Waals surface area (Å²) < 4.78 is 2.51. The first-order valence-electron chi connectivity index (χ1n) is 8.35. The van der Waals surface area contributed by atoms with E-state index in [0.29, 0.717) is 44.7 Å². The number of thioether (sulfide) groups is 1. The molecular formula is C17H17ClIN5O2S. The minimum absolute atomic E-state index is 0.0899. The molecule has 1 aromatic carbocycles. The third kappa shape index (κ3) is 4.16. The number of aliphatic hydroxyl groups excluding tert-OH is 2. The molecule has 1 aliphatic heterocycles. The normalized spacial score (nSPS) is 22.4. The van der Waals surface area contributed by atoms with Crippen molar-refractivity contribution in [2.24, 2.45) is 0 Å². The first-order valence-corrected chi connectivity index (χ1v) is 10.9. The summed E-state index contributed by atoms with van der Waals surface area (Å²) in [5.74, 6) is 1.19. The number of nitrogens with zero attached hydrogens (tertiary/aromatic N) is 4. The molecule has 1 fully saturated rings. The number of fused-ring (bicyclic) bond motifs is 1. The van der Waals surface area contributed by atoms with Gasteiger partial charge in [0.05, 0.1) is 23.8 Å². The number of hydrogen-bond donors (Lipinski definition) is 3. The first-order chi connectivity index (χ1) is 13.0. The van der Waals surface area contributed by atoms with Gasteiger partial charge in [-0.2, -0.15) is 11.8 Å². The third-order valence-corrected chi connectivity index (χ3v) is 6.53. The fraction of sp³-hybridized carbons (Fsp3) is 0.353. The van der Waals surface area contributed by atoms with E-state index in [1.54, 1.807) is 18.1 Å². The highest BCUT2D eigenvalue weighted by Crippen LogP contribution is 2.30. The molecule has 3 aromatic rings. The van der Waals surface area contributed by atoms with E-state index in [1.807, 2.05) is 28.8 Å². The van der Waals surface area contributed by atoms with E-state index in [1.165, 1.54) is 0 Å².